The van der Waals surface area contributed by atoms with E-state index in [4.69, 9.17) is 9.47 Å². The van der Waals surface area contributed by atoms with Crippen molar-refractivity contribution in [1.82, 2.24) is 0 Å². The number of rotatable bonds is 4. The van der Waals surface area contributed by atoms with Crippen LogP contribution in [0.2, 0.25) is 0 Å². The van der Waals surface area contributed by atoms with Gasteiger partial charge in [0.2, 0.25) is 0 Å². The van der Waals surface area contributed by atoms with E-state index in [1.165, 1.54) is 12.8 Å². The second kappa shape index (κ2) is 8.13. The zero-order valence-corrected chi connectivity index (χ0v) is 8.05. The number of ether oxygens (including phenoxy) is 2. The first-order valence-corrected chi connectivity index (χ1v) is 4.46. The minimum atomic E-state index is 0. The fourth-order valence-corrected chi connectivity index (χ4v) is 1.16. The van der Waals surface area contributed by atoms with Gasteiger partial charge in [0.15, 0.2) is 6.29 Å². The summed E-state index contributed by atoms with van der Waals surface area (Å²) in [6.07, 6.45) is 5.57. The summed E-state index contributed by atoms with van der Waals surface area (Å²) in [7, 11) is 0. The molecule has 1 unspecified atom stereocenters. The fourth-order valence-electron chi connectivity index (χ4n) is 1.16. The molecular weight excluding hydrogens is 147 g/mol. The Balaban J connectivity index is 0.00000121. The molecule has 0 aromatic carbocycles. The Kier molecular flexibility index (Phi) is 8.48. The molecule has 0 bridgehead atoms. The van der Waals surface area contributed by atoms with Crippen molar-refractivity contribution >= 4 is 0 Å². The molecule has 1 rings (SSSR count). The third-order valence-electron chi connectivity index (χ3n) is 1.84. The van der Waals surface area contributed by atoms with Crippen LogP contribution in [0.3, 0.4) is 0 Å². The Hall–Kier alpha value is 0.517. The fraction of sp³-hybridized carbons (Fsp3) is 0.889. The molecular formula is C9H17LiO2. The molecule has 3 heteroatoms. The van der Waals surface area contributed by atoms with Gasteiger partial charge >= 0.3 is 18.9 Å². The van der Waals surface area contributed by atoms with Crippen LogP contribution in [0.5, 0.6) is 0 Å². The van der Waals surface area contributed by atoms with Gasteiger partial charge in [-0.2, -0.15) is 6.42 Å². The Morgan fingerprint density at radius 2 is 2.25 bits per heavy atom. The molecule has 0 aromatic rings. The van der Waals surface area contributed by atoms with Crippen molar-refractivity contribution in [3.05, 3.63) is 6.92 Å². The van der Waals surface area contributed by atoms with Crippen molar-refractivity contribution < 1.29 is 28.3 Å². The predicted octanol–water partition coefficient (Wildman–Crippen LogP) is -0.852. The first-order chi connectivity index (χ1) is 5.43. The third kappa shape index (κ3) is 5.21. The zero-order chi connectivity index (χ0) is 7.94. The van der Waals surface area contributed by atoms with Crippen LogP contribution in [0.4, 0.5) is 0 Å². The van der Waals surface area contributed by atoms with E-state index in [9.17, 15) is 0 Å². The normalized spacial score (nSPS) is 23.2. The standard InChI is InChI=1S/C9H17O2.Li/c1-2-3-7-10-9-6-4-5-8-11-9;/h9H,1-8H2;/q-1;+1. The van der Waals surface area contributed by atoms with E-state index in [1.807, 2.05) is 0 Å². The minimum Gasteiger partial charge on any atom is -0.353 e. The molecule has 0 spiro atoms. The average molecular weight is 164 g/mol. The summed E-state index contributed by atoms with van der Waals surface area (Å²) >= 11 is 0. The summed E-state index contributed by atoms with van der Waals surface area (Å²) < 4.78 is 10.8. The number of hydrogen-bond donors (Lipinski definition) is 0. The number of unbranched alkanes of at least 4 members (excludes halogenated alkanes) is 1. The predicted molar refractivity (Wildman–Crippen MR) is 44.1 cm³/mol. The summed E-state index contributed by atoms with van der Waals surface area (Å²) in [6.45, 7) is 5.42. The summed E-state index contributed by atoms with van der Waals surface area (Å²) in [4.78, 5) is 0. The third-order valence-corrected chi connectivity index (χ3v) is 1.84. The van der Waals surface area contributed by atoms with Crippen LogP contribution in [0.25, 0.3) is 0 Å². The SMILES string of the molecule is [CH2-]CCCOC1CCCCO1.[Li+]. The Bertz CT molecular complexity index is 92.5. The van der Waals surface area contributed by atoms with Crippen molar-refractivity contribution in [2.24, 2.45) is 0 Å². The summed E-state index contributed by atoms with van der Waals surface area (Å²) in [5.41, 5.74) is 0. The van der Waals surface area contributed by atoms with Gasteiger partial charge in [0.25, 0.3) is 0 Å². The van der Waals surface area contributed by atoms with Crippen LogP contribution >= 0.6 is 0 Å². The van der Waals surface area contributed by atoms with Gasteiger partial charge in [0.1, 0.15) is 0 Å². The van der Waals surface area contributed by atoms with Crippen molar-refractivity contribution in [2.75, 3.05) is 13.2 Å². The van der Waals surface area contributed by atoms with E-state index >= 15 is 0 Å². The molecule has 1 aliphatic rings. The van der Waals surface area contributed by atoms with Gasteiger partial charge in [-0.3, -0.25) is 0 Å². The Morgan fingerprint density at radius 1 is 1.42 bits per heavy atom. The van der Waals surface area contributed by atoms with Crippen LogP contribution in [0.1, 0.15) is 32.1 Å². The first-order valence-electron chi connectivity index (χ1n) is 4.46. The van der Waals surface area contributed by atoms with Crippen molar-refractivity contribution in [3.63, 3.8) is 0 Å². The molecule has 1 atom stereocenters. The number of hydrogen-bond acceptors (Lipinski definition) is 2. The molecule has 0 amide bonds. The Morgan fingerprint density at radius 3 is 2.83 bits per heavy atom. The largest absolute Gasteiger partial charge is 1.00 e. The molecule has 12 heavy (non-hydrogen) atoms. The van der Waals surface area contributed by atoms with E-state index in [2.05, 4.69) is 6.92 Å². The van der Waals surface area contributed by atoms with E-state index < -0.39 is 0 Å². The molecule has 0 saturated carbocycles. The smallest absolute Gasteiger partial charge is 0.353 e. The molecule has 0 aromatic heterocycles. The van der Waals surface area contributed by atoms with E-state index in [0.717, 1.165) is 32.5 Å². The molecule has 0 radical (unpaired) electrons. The van der Waals surface area contributed by atoms with Crippen molar-refractivity contribution in [1.29, 1.82) is 0 Å². The summed E-state index contributed by atoms with van der Waals surface area (Å²) in [5.74, 6) is 0. The van der Waals surface area contributed by atoms with Crippen LogP contribution in [0, 0.1) is 6.92 Å². The van der Waals surface area contributed by atoms with Gasteiger partial charge in [-0.05, 0) is 19.3 Å². The van der Waals surface area contributed by atoms with E-state index in [1.54, 1.807) is 0 Å². The van der Waals surface area contributed by atoms with Gasteiger partial charge in [0, 0.05) is 13.2 Å². The first kappa shape index (κ1) is 12.5. The second-order valence-corrected chi connectivity index (χ2v) is 2.87. The summed E-state index contributed by atoms with van der Waals surface area (Å²) in [5, 5.41) is 0. The maximum Gasteiger partial charge on any atom is 1.00 e. The molecule has 0 N–H and O–H groups in total. The van der Waals surface area contributed by atoms with Gasteiger partial charge in [-0.1, -0.05) is 6.42 Å². The van der Waals surface area contributed by atoms with Gasteiger partial charge in [-0.15, -0.1) is 0 Å². The molecule has 1 heterocycles. The van der Waals surface area contributed by atoms with E-state index in [-0.39, 0.29) is 25.2 Å². The molecule has 66 valence electrons. The van der Waals surface area contributed by atoms with Gasteiger partial charge in [0.05, 0.1) is 0 Å². The molecule has 0 aliphatic carbocycles. The molecule has 1 fully saturated rings. The van der Waals surface area contributed by atoms with Gasteiger partial charge in [-0.25, -0.2) is 0 Å². The van der Waals surface area contributed by atoms with Crippen LogP contribution < -0.4 is 18.9 Å². The topological polar surface area (TPSA) is 18.5 Å². The van der Waals surface area contributed by atoms with Crippen LogP contribution in [-0.2, 0) is 9.47 Å². The van der Waals surface area contributed by atoms with Gasteiger partial charge < -0.3 is 16.4 Å². The maximum absolute atomic E-state index is 5.46. The van der Waals surface area contributed by atoms with Crippen molar-refractivity contribution in [3.8, 4) is 0 Å². The Labute approximate surface area is 87.2 Å². The second-order valence-electron chi connectivity index (χ2n) is 2.87. The van der Waals surface area contributed by atoms with Crippen LogP contribution in [0.15, 0.2) is 0 Å². The van der Waals surface area contributed by atoms with Crippen LogP contribution in [-0.4, -0.2) is 19.5 Å². The minimum absolute atomic E-state index is 0. The van der Waals surface area contributed by atoms with Crippen molar-refractivity contribution in [2.45, 2.75) is 38.4 Å². The molecule has 1 saturated heterocycles. The monoisotopic (exact) mass is 164 g/mol. The quantitative estimate of drug-likeness (QED) is 0.306. The zero-order valence-electron chi connectivity index (χ0n) is 8.05. The average Bonchev–Trinajstić information content (AvgIpc) is 2.07. The summed E-state index contributed by atoms with van der Waals surface area (Å²) in [6, 6.07) is 0. The van der Waals surface area contributed by atoms with E-state index in [0.29, 0.717) is 0 Å². The molecule has 2 nitrogen and oxygen atoms in total. The molecule has 1 aliphatic heterocycles. The maximum atomic E-state index is 5.46.